The Balaban J connectivity index is 0.00000320. The molecule has 1 aliphatic heterocycles. The number of carbonyl (C=O) groups excluding carboxylic acids is 1. The van der Waals surface area contributed by atoms with Crippen LogP contribution >= 0.6 is 24.0 Å². The van der Waals surface area contributed by atoms with Crippen LogP contribution in [-0.2, 0) is 11.2 Å². The smallest absolute Gasteiger partial charge is 0.221 e. The van der Waals surface area contributed by atoms with Gasteiger partial charge >= 0.3 is 0 Å². The lowest BCUT2D eigenvalue weighted by atomic mass is 9.82. The highest BCUT2D eigenvalue weighted by molar-refractivity contribution is 14.0. The lowest BCUT2D eigenvalue weighted by Gasteiger charge is -2.39. The standard InChI is InChI=1S/C24H32N4O.HI/c1-18-17-28(16-14-23(18)21-7-5-4-6-8-21)24(25-3)26-15-13-20-9-11-22(12-10-20)27-19(2)29;/h4-12,18,23H,13-17H2,1-3H3,(H,25,26)(H,27,29);1H. The SMILES string of the molecule is CN=C(NCCc1ccc(NC(C)=O)cc1)N1CCC(c2ccccc2)C(C)C1.I. The molecule has 2 unspecified atom stereocenters. The molecule has 5 nitrogen and oxygen atoms in total. The fourth-order valence-corrected chi connectivity index (χ4v) is 4.14. The highest BCUT2D eigenvalue weighted by Crippen LogP contribution is 2.32. The van der Waals surface area contributed by atoms with Crippen molar-refractivity contribution in [2.45, 2.75) is 32.6 Å². The molecule has 6 heteroatoms. The minimum atomic E-state index is -0.0477. The third-order valence-corrected chi connectivity index (χ3v) is 5.62. The molecule has 1 fully saturated rings. The summed E-state index contributed by atoms with van der Waals surface area (Å²) >= 11 is 0. The molecular formula is C24H33IN4O. The number of aliphatic imine (C=N–C) groups is 1. The molecule has 2 aromatic carbocycles. The van der Waals surface area contributed by atoms with E-state index in [0.717, 1.165) is 44.1 Å². The van der Waals surface area contributed by atoms with Crippen molar-refractivity contribution in [3.63, 3.8) is 0 Å². The molecule has 1 saturated heterocycles. The van der Waals surface area contributed by atoms with Gasteiger partial charge in [0.25, 0.3) is 0 Å². The minimum Gasteiger partial charge on any atom is -0.356 e. The molecule has 2 N–H and O–H groups in total. The third kappa shape index (κ3) is 6.72. The molecule has 162 valence electrons. The van der Waals surface area contributed by atoms with Crippen molar-refractivity contribution >= 4 is 41.5 Å². The molecule has 0 radical (unpaired) electrons. The number of carbonyl (C=O) groups is 1. The van der Waals surface area contributed by atoms with Crippen LogP contribution in [0.2, 0.25) is 0 Å². The van der Waals surface area contributed by atoms with Gasteiger partial charge in [-0.25, -0.2) is 0 Å². The van der Waals surface area contributed by atoms with Crippen molar-refractivity contribution in [2.24, 2.45) is 10.9 Å². The highest BCUT2D eigenvalue weighted by Gasteiger charge is 2.28. The van der Waals surface area contributed by atoms with Crippen molar-refractivity contribution < 1.29 is 4.79 Å². The number of halogens is 1. The van der Waals surface area contributed by atoms with Crippen LogP contribution in [0, 0.1) is 5.92 Å². The highest BCUT2D eigenvalue weighted by atomic mass is 127. The van der Waals surface area contributed by atoms with Crippen LogP contribution < -0.4 is 10.6 Å². The van der Waals surface area contributed by atoms with E-state index in [1.807, 2.05) is 19.2 Å². The van der Waals surface area contributed by atoms with Crippen LogP contribution in [0.25, 0.3) is 0 Å². The maximum atomic E-state index is 11.1. The Morgan fingerprint density at radius 1 is 1.13 bits per heavy atom. The van der Waals surface area contributed by atoms with Crippen LogP contribution in [0.3, 0.4) is 0 Å². The van der Waals surface area contributed by atoms with E-state index in [2.05, 4.69) is 69.9 Å². The zero-order valence-corrected chi connectivity index (χ0v) is 20.4. The lowest BCUT2D eigenvalue weighted by Crippen LogP contribution is -2.48. The van der Waals surface area contributed by atoms with E-state index in [4.69, 9.17) is 0 Å². The number of piperidine rings is 1. The third-order valence-electron chi connectivity index (χ3n) is 5.62. The van der Waals surface area contributed by atoms with Gasteiger partial charge < -0.3 is 15.5 Å². The molecule has 1 heterocycles. The summed E-state index contributed by atoms with van der Waals surface area (Å²) in [5.41, 5.74) is 3.52. The van der Waals surface area contributed by atoms with Crippen molar-refractivity contribution in [3.8, 4) is 0 Å². The Bertz CT molecular complexity index is 823. The summed E-state index contributed by atoms with van der Waals surface area (Å²) in [5, 5.41) is 6.31. The predicted octanol–water partition coefficient (Wildman–Crippen LogP) is 4.51. The van der Waals surface area contributed by atoms with Crippen LogP contribution in [0.15, 0.2) is 59.6 Å². The Hall–Kier alpha value is -2.09. The molecule has 0 aromatic heterocycles. The topological polar surface area (TPSA) is 56.7 Å². The van der Waals surface area contributed by atoms with Gasteiger partial charge in [-0.1, -0.05) is 49.4 Å². The van der Waals surface area contributed by atoms with Crippen molar-refractivity contribution in [3.05, 3.63) is 65.7 Å². The number of nitrogens with one attached hydrogen (secondary N) is 2. The Labute approximate surface area is 197 Å². The fourth-order valence-electron chi connectivity index (χ4n) is 4.14. The minimum absolute atomic E-state index is 0. The van der Waals surface area contributed by atoms with E-state index in [1.165, 1.54) is 18.1 Å². The normalized spacial score (nSPS) is 19.0. The first-order valence-electron chi connectivity index (χ1n) is 10.4. The van der Waals surface area contributed by atoms with Gasteiger partial charge in [0.15, 0.2) is 5.96 Å². The first-order chi connectivity index (χ1) is 14.1. The first-order valence-corrected chi connectivity index (χ1v) is 10.4. The summed E-state index contributed by atoms with van der Waals surface area (Å²) in [5.74, 6) is 2.14. The summed E-state index contributed by atoms with van der Waals surface area (Å²) in [6.45, 7) is 6.74. The van der Waals surface area contributed by atoms with Gasteiger partial charge in [-0.15, -0.1) is 24.0 Å². The van der Waals surface area contributed by atoms with Gasteiger partial charge in [-0.05, 0) is 47.9 Å². The van der Waals surface area contributed by atoms with Gasteiger partial charge in [-0.3, -0.25) is 9.79 Å². The molecule has 0 saturated carbocycles. The van der Waals surface area contributed by atoms with Crippen LogP contribution in [0.5, 0.6) is 0 Å². The average molecular weight is 520 g/mol. The maximum Gasteiger partial charge on any atom is 0.221 e. The van der Waals surface area contributed by atoms with Gasteiger partial charge in [-0.2, -0.15) is 0 Å². The van der Waals surface area contributed by atoms with Crippen LogP contribution in [-0.4, -0.2) is 43.4 Å². The Morgan fingerprint density at radius 2 is 1.83 bits per heavy atom. The van der Waals surface area contributed by atoms with E-state index >= 15 is 0 Å². The lowest BCUT2D eigenvalue weighted by molar-refractivity contribution is -0.114. The number of likely N-dealkylation sites (tertiary alicyclic amines) is 1. The Morgan fingerprint density at radius 3 is 2.43 bits per heavy atom. The van der Waals surface area contributed by atoms with Gasteiger partial charge in [0.05, 0.1) is 0 Å². The molecule has 1 amide bonds. The van der Waals surface area contributed by atoms with E-state index < -0.39 is 0 Å². The maximum absolute atomic E-state index is 11.1. The zero-order chi connectivity index (χ0) is 20.6. The molecule has 1 aliphatic rings. The van der Waals surface area contributed by atoms with Gasteiger partial charge in [0.1, 0.15) is 0 Å². The molecule has 0 spiro atoms. The number of rotatable bonds is 5. The summed E-state index contributed by atoms with van der Waals surface area (Å²) in [6, 6.07) is 18.9. The summed E-state index contributed by atoms with van der Waals surface area (Å²) in [4.78, 5) is 18.0. The average Bonchev–Trinajstić information content (AvgIpc) is 2.72. The number of hydrogen-bond acceptors (Lipinski definition) is 2. The number of amides is 1. The number of guanidine groups is 1. The van der Waals surface area contributed by atoms with Gasteiger partial charge in [0.2, 0.25) is 5.91 Å². The van der Waals surface area contributed by atoms with Gasteiger partial charge in [0, 0.05) is 39.3 Å². The number of benzene rings is 2. The molecule has 0 bridgehead atoms. The second kappa shape index (κ2) is 11.9. The Kier molecular flexibility index (Phi) is 9.62. The zero-order valence-electron chi connectivity index (χ0n) is 18.1. The molecule has 2 aromatic rings. The quantitative estimate of drug-likeness (QED) is 0.347. The van der Waals surface area contributed by atoms with E-state index in [0.29, 0.717) is 11.8 Å². The number of nitrogens with zero attached hydrogens (tertiary/aromatic N) is 2. The fraction of sp³-hybridized carbons (Fsp3) is 0.417. The summed E-state index contributed by atoms with van der Waals surface area (Å²) < 4.78 is 0. The first kappa shape index (κ1) is 24.2. The predicted molar refractivity (Wildman–Crippen MR) is 136 cm³/mol. The van der Waals surface area contributed by atoms with Crippen molar-refractivity contribution in [2.75, 3.05) is 32.0 Å². The molecule has 30 heavy (non-hydrogen) atoms. The van der Waals surface area contributed by atoms with E-state index in [1.54, 1.807) is 0 Å². The van der Waals surface area contributed by atoms with E-state index in [-0.39, 0.29) is 29.9 Å². The van der Waals surface area contributed by atoms with Crippen molar-refractivity contribution in [1.29, 1.82) is 0 Å². The monoisotopic (exact) mass is 520 g/mol. The molecular weight excluding hydrogens is 487 g/mol. The largest absolute Gasteiger partial charge is 0.356 e. The van der Waals surface area contributed by atoms with Crippen LogP contribution in [0.4, 0.5) is 5.69 Å². The van der Waals surface area contributed by atoms with Crippen molar-refractivity contribution in [1.82, 2.24) is 10.2 Å². The number of anilines is 1. The van der Waals surface area contributed by atoms with Crippen LogP contribution in [0.1, 0.15) is 37.3 Å². The van der Waals surface area contributed by atoms with E-state index in [9.17, 15) is 4.79 Å². The second-order valence-electron chi connectivity index (χ2n) is 7.83. The summed E-state index contributed by atoms with van der Waals surface area (Å²) in [6.07, 6.45) is 2.06. The number of hydrogen-bond donors (Lipinski definition) is 2. The molecule has 2 atom stereocenters. The molecule has 3 rings (SSSR count). The molecule has 0 aliphatic carbocycles. The second-order valence-corrected chi connectivity index (χ2v) is 7.83. The summed E-state index contributed by atoms with van der Waals surface area (Å²) in [7, 11) is 1.86.